The van der Waals surface area contributed by atoms with Gasteiger partial charge >= 0.3 is 11.9 Å². The molecule has 35 heavy (non-hydrogen) atoms. The minimum absolute atomic E-state index is 0.0335. The topological polar surface area (TPSA) is 110 Å². The SMILES string of the molecule is C=CCOC(=O)c1sc(N2C(=O)C(=O)C(=C(O)c3ccncc3)C2c2ccc(CC)cc2)nc1C. The van der Waals surface area contributed by atoms with Crippen molar-refractivity contribution in [3.63, 3.8) is 0 Å². The predicted octanol–water partition coefficient (Wildman–Crippen LogP) is 4.38. The zero-order valence-electron chi connectivity index (χ0n) is 19.2. The maximum atomic E-state index is 13.3. The number of thiazole rings is 1. The molecule has 1 aliphatic rings. The van der Waals surface area contributed by atoms with E-state index in [1.807, 2.05) is 31.2 Å². The molecule has 1 N–H and O–H groups in total. The van der Waals surface area contributed by atoms with Gasteiger partial charge in [-0.2, -0.15) is 0 Å². The van der Waals surface area contributed by atoms with E-state index in [0.717, 1.165) is 23.3 Å². The van der Waals surface area contributed by atoms with Crippen LogP contribution in [0.4, 0.5) is 5.13 Å². The highest BCUT2D eigenvalue weighted by molar-refractivity contribution is 7.17. The van der Waals surface area contributed by atoms with Crippen LogP contribution in [0.1, 0.15) is 45.0 Å². The summed E-state index contributed by atoms with van der Waals surface area (Å²) >= 11 is 0.955. The number of nitrogens with zero attached hydrogens (tertiary/aromatic N) is 3. The van der Waals surface area contributed by atoms with Crippen molar-refractivity contribution in [2.24, 2.45) is 0 Å². The first-order chi connectivity index (χ1) is 16.9. The average Bonchev–Trinajstić information content (AvgIpc) is 3.39. The largest absolute Gasteiger partial charge is 0.507 e. The Hall–Kier alpha value is -4.11. The molecule has 0 radical (unpaired) electrons. The quantitative estimate of drug-likeness (QED) is 0.172. The van der Waals surface area contributed by atoms with Crippen molar-refractivity contribution in [2.75, 3.05) is 11.5 Å². The van der Waals surface area contributed by atoms with E-state index in [2.05, 4.69) is 16.5 Å². The number of hydrogen-bond donors (Lipinski definition) is 1. The van der Waals surface area contributed by atoms with Gasteiger partial charge in [0.1, 0.15) is 17.2 Å². The van der Waals surface area contributed by atoms with Gasteiger partial charge in [-0.25, -0.2) is 9.78 Å². The molecule has 1 aliphatic heterocycles. The number of benzene rings is 1. The monoisotopic (exact) mass is 489 g/mol. The second-order valence-electron chi connectivity index (χ2n) is 7.80. The minimum atomic E-state index is -0.934. The van der Waals surface area contributed by atoms with E-state index in [4.69, 9.17) is 4.74 Å². The van der Waals surface area contributed by atoms with E-state index >= 15 is 0 Å². The number of Topliss-reactive ketones (excluding diaryl/α,β-unsaturated/α-hetero) is 1. The van der Waals surface area contributed by atoms with Crippen LogP contribution in [-0.2, 0) is 20.7 Å². The highest BCUT2D eigenvalue weighted by atomic mass is 32.1. The van der Waals surface area contributed by atoms with E-state index in [1.54, 1.807) is 19.1 Å². The number of carbonyl (C=O) groups is 3. The number of pyridine rings is 1. The van der Waals surface area contributed by atoms with Crippen LogP contribution in [0.25, 0.3) is 5.76 Å². The number of aliphatic hydroxyl groups excluding tert-OH is 1. The number of ketones is 1. The number of anilines is 1. The Morgan fingerprint density at radius 2 is 1.89 bits per heavy atom. The second kappa shape index (κ2) is 10.0. The van der Waals surface area contributed by atoms with E-state index in [-0.39, 0.29) is 27.9 Å². The van der Waals surface area contributed by atoms with Crippen LogP contribution in [0.5, 0.6) is 0 Å². The van der Waals surface area contributed by atoms with Crippen molar-refractivity contribution in [1.82, 2.24) is 9.97 Å². The third kappa shape index (κ3) is 4.50. The van der Waals surface area contributed by atoms with Crippen LogP contribution in [0, 0.1) is 6.92 Å². The summed E-state index contributed by atoms with van der Waals surface area (Å²) in [7, 11) is 0. The lowest BCUT2D eigenvalue weighted by Crippen LogP contribution is -2.29. The fourth-order valence-electron chi connectivity index (χ4n) is 3.82. The molecule has 1 fully saturated rings. The molecule has 0 aliphatic carbocycles. The van der Waals surface area contributed by atoms with E-state index < -0.39 is 23.7 Å². The number of aromatic nitrogens is 2. The van der Waals surface area contributed by atoms with Gasteiger partial charge in [0.25, 0.3) is 5.78 Å². The van der Waals surface area contributed by atoms with Gasteiger partial charge in [0.05, 0.1) is 17.3 Å². The number of aryl methyl sites for hydroxylation is 2. The van der Waals surface area contributed by atoms with Crippen LogP contribution in [0.15, 0.2) is 67.0 Å². The van der Waals surface area contributed by atoms with Crippen LogP contribution in [-0.4, -0.2) is 39.3 Å². The Balaban J connectivity index is 1.87. The molecule has 0 bridgehead atoms. The van der Waals surface area contributed by atoms with Crippen molar-refractivity contribution < 1.29 is 24.2 Å². The molecule has 2 aromatic heterocycles. The van der Waals surface area contributed by atoms with E-state index in [9.17, 15) is 19.5 Å². The summed E-state index contributed by atoms with van der Waals surface area (Å²) in [5, 5.41) is 11.3. The van der Waals surface area contributed by atoms with Crippen LogP contribution >= 0.6 is 11.3 Å². The summed E-state index contributed by atoms with van der Waals surface area (Å²) in [4.78, 5) is 48.8. The lowest BCUT2D eigenvalue weighted by molar-refractivity contribution is -0.132. The highest BCUT2D eigenvalue weighted by Gasteiger charge is 2.48. The smallest absolute Gasteiger partial charge is 0.350 e. The summed E-state index contributed by atoms with van der Waals surface area (Å²) in [5.41, 5.74) is 2.37. The first kappa shape index (κ1) is 24.0. The molecule has 178 valence electrons. The third-order valence-electron chi connectivity index (χ3n) is 5.61. The van der Waals surface area contributed by atoms with Crippen LogP contribution < -0.4 is 4.90 Å². The molecule has 1 amide bonds. The summed E-state index contributed by atoms with van der Waals surface area (Å²) < 4.78 is 5.12. The van der Waals surface area contributed by atoms with Gasteiger partial charge in [-0.15, -0.1) is 0 Å². The van der Waals surface area contributed by atoms with Gasteiger partial charge in [0, 0.05) is 18.0 Å². The van der Waals surface area contributed by atoms with Crippen molar-refractivity contribution in [3.05, 3.63) is 94.3 Å². The molecule has 1 aromatic carbocycles. The minimum Gasteiger partial charge on any atom is -0.507 e. The lowest BCUT2D eigenvalue weighted by Gasteiger charge is -2.23. The summed E-state index contributed by atoms with van der Waals surface area (Å²) in [6.07, 6.45) is 5.25. The predicted molar refractivity (Wildman–Crippen MR) is 132 cm³/mol. The summed E-state index contributed by atoms with van der Waals surface area (Å²) in [6, 6.07) is 9.64. The summed E-state index contributed by atoms with van der Waals surface area (Å²) in [6.45, 7) is 7.21. The zero-order valence-corrected chi connectivity index (χ0v) is 20.0. The Morgan fingerprint density at radius 3 is 2.51 bits per heavy atom. The van der Waals surface area contributed by atoms with Crippen LogP contribution in [0.2, 0.25) is 0 Å². The molecule has 0 saturated carbocycles. The Labute approximate surface area is 206 Å². The second-order valence-corrected chi connectivity index (χ2v) is 8.78. The number of esters is 1. The number of aliphatic hydroxyl groups is 1. The maximum absolute atomic E-state index is 13.3. The van der Waals surface area contributed by atoms with Crippen molar-refractivity contribution in [3.8, 4) is 0 Å². The fraction of sp³-hybridized carbons (Fsp3) is 0.192. The Bertz CT molecular complexity index is 1330. The molecule has 9 heteroatoms. The van der Waals surface area contributed by atoms with Crippen LogP contribution in [0.3, 0.4) is 0 Å². The van der Waals surface area contributed by atoms with E-state index in [0.29, 0.717) is 16.8 Å². The number of amides is 1. The standard InChI is InChI=1S/C26H23N3O5S/c1-4-14-34-25(33)23-15(3)28-26(35-23)29-20(17-8-6-16(5-2)7-9-17)19(22(31)24(29)32)21(30)18-10-12-27-13-11-18/h4,6-13,20,30H,1,5,14H2,2-3H3. The van der Waals surface area contributed by atoms with Crippen molar-refractivity contribution in [1.29, 1.82) is 0 Å². The first-order valence-electron chi connectivity index (χ1n) is 10.9. The molecule has 0 spiro atoms. The summed E-state index contributed by atoms with van der Waals surface area (Å²) in [5.74, 6) is -2.59. The zero-order chi connectivity index (χ0) is 25.1. The molecular formula is C26H23N3O5S. The normalized spacial score (nSPS) is 17.0. The third-order valence-corrected chi connectivity index (χ3v) is 6.75. The molecule has 1 saturated heterocycles. The molecule has 1 atom stereocenters. The number of rotatable bonds is 7. The molecule has 3 aromatic rings. The Kier molecular flexibility index (Phi) is 6.88. The fourth-order valence-corrected chi connectivity index (χ4v) is 4.81. The van der Waals surface area contributed by atoms with Crippen molar-refractivity contribution in [2.45, 2.75) is 26.3 Å². The maximum Gasteiger partial charge on any atom is 0.350 e. The molecule has 4 rings (SSSR count). The molecule has 1 unspecified atom stereocenters. The van der Waals surface area contributed by atoms with Gasteiger partial charge in [0.15, 0.2) is 5.13 Å². The number of carbonyl (C=O) groups excluding carboxylic acids is 3. The van der Waals surface area contributed by atoms with Gasteiger partial charge < -0.3 is 9.84 Å². The Morgan fingerprint density at radius 1 is 1.20 bits per heavy atom. The van der Waals surface area contributed by atoms with E-state index in [1.165, 1.54) is 23.4 Å². The van der Waals surface area contributed by atoms with Gasteiger partial charge in [-0.05, 0) is 36.6 Å². The average molecular weight is 490 g/mol. The lowest BCUT2D eigenvalue weighted by atomic mass is 9.95. The molecule has 3 heterocycles. The van der Waals surface area contributed by atoms with Gasteiger partial charge in [-0.1, -0.05) is 55.2 Å². The first-order valence-corrected chi connectivity index (χ1v) is 11.7. The van der Waals surface area contributed by atoms with Crippen molar-refractivity contribution >= 4 is 39.9 Å². The van der Waals surface area contributed by atoms with Gasteiger partial charge in [0.2, 0.25) is 0 Å². The highest BCUT2D eigenvalue weighted by Crippen LogP contribution is 2.43. The number of ether oxygens (including phenoxy) is 1. The van der Waals surface area contributed by atoms with Gasteiger partial charge in [-0.3, -0.25) is 19.5 Å². The molecule has 8 nitrogen and oxygen atoms in total. The number of hydrogen-bond acceptors (Lipinski definition) is 8. The molecular weight excluding hydrogens is 466 g/mol.